The van der Waals surface area contributed by atoms with Gasteiger partial charge >= 0.3 is 0 Å². The topological polar surface area (TPSA) is 82.2 Å². The Morgan fingerprint density at radius 1 is 1.29 bits per heavy atom. The monoisotopic (exact) mass is 387 g/mol. The summed E-state index contributed by atoms with van der Waals surface area (Å²) in [5.74, 6) is 0.641. The van der Waals surface area contributed by atoms with Crippen LogP contribution >= 0.6 is 0 Å². The van der Waals surface area contributed by atoms with E-state index >= 15 is 0 Å². The number of methoxy groups -OCH3 is 1. The predicted molar refractivity (Wildman–Crippen MR) is 106 cm³/mol. The molecular formula is C20H29N5O3. The first kappa shape index (κ1) is 20.1. The molecule has 0 aromatic carbocycles. The summed E-state index contributed by atoms with van der Waals surface area (Å²) in [6, 6.07) is 1.63. The van der Waals surface area contributed by atoms with Gasteiger partial charge < -0.3 is 9.64 Å². The van der Waals surface area contributed by atoms with Gasteiger partial charge in [-0.2, -0.15) is 0 Å². The lowest BCUT2D eigenvalue weighted by Gasteiger charge is -2.32. The summed E-state index contributed by atoms with van der Waals surface area (Å²) in [4.78, 5) is 31.5. The van der Waals surface area contributed by atoms with Gasteiger partial charge in [-0.05, 0) is 18.8 Å². The second-order valence-electron chi connectivity index (χ2n) is 8.48. The highest BCUT2D eigenvalue weighted by Crippen LogP contribution is 2.23. The van der Waals surface area contributed by atoms with E-state index in [9.17, 15) is 9.59 Å². The second-order valence-corrected chi connectivity index (χ2v) is 8.48. The Balaban J connectivity index is 1.61. The van der Waals surface area contributed by atoms with Crippen LogP contribution in [0.1, 0.15) is 49.7 Å². The van der Waals surface area contributed by atoms with Crippen LogP contribution in [-0.2, 0) is 19.0 Å². The average molecular weight is 387 g/mol. The van der Waals surface area contributed by atoms with Crippen molar-refractivity contribution in [3.63, 3.8) is 0 Å². The van der Waals surface area contributed by atoms with Crippen LogP contribution in [-0.4, -0.2) is 50.3 Å². The number of ether oxygens (including phenoxy) is 1. The molecule has 8 nitrogen and oxygen atoms in total. The number of aryl methyl sites for hydroxylation is 1. The number of piperidine rings is 1. The third kappa shape index (κ3) is 4.26. The molecule has 0 bridgehead atoms. The number of hydrogen-bond acceptors (Lipinski definition) is 5. The Morgan fingerprint density at radius 3 is 2.54 bits per heavy atom. The van der Waals surface area contributed by atoms with Gasteiger partial charge in [0.25, 0.3) is 11.5 Å². The van der Waals surface area contributed by atoms with Gasteiger partial charge in [-0.25, -0.2) is 4.98 Å². The number of hydrogen-bond donors (Lipinski definition) is 0. The predicted octanol–water partition coefficient (Wildman–Crippen LogP) is 1.84. The molecule has 0 unspecified atom stereocenters. The lowest BCUT2D eigenvalue weighted by atomic mass is 9.92. The van der Waals surface area contributed by atoms with Crippen LogP contribution in [0.5, 0.6) is 5.88 Å². The van der Waals surface area contributed by atoms with E-state index < -0.39 is 0 Å². The van der Waals surface area contributed by atoms with Gasteiger partial charge in [-0.15, -0.1) is 5.10 Å². The van der Waals surface area contributed by atoms with Crippen molar-refractivity contribution >= 4 is 5.91 Å². The zero-order valence-corrected chi connectivity index (χ0v) is 17.3. The lowest BCUT2D eigenvalue weighted by Crippen LogP contribution is -2.40. The number of nitrogens with zero attached hydrogens (tertiary/aromatic N) is 5. The molecule has 0 saturated carbocycles. The maximum Gasteiger partial charge on any atom is 0.260 e. The van der Waals surface area contributed by atoms with E-state index in [0.717, 1.165) is 18.5 Å². The molecule has 1 amide bonds. The van der Waals surface area contributed by atoms with Gasteiger partial charge in [-0.3, -0.25) is 18.8 Å². The zero-order chi connectivity index (χ0) is 20.5. The quantitative estimate of drug-likeness (QED) is 0.799. The Labute approximate surface area is 165 Å². The van der Waals surface area contributed by atoms with Gasteiger partial charge in [0.05, 0.1) is 19.1 Å². The first-order chi connectivity index (χ1) is 13.2. The number of rotatable bonds is 4. The molecule has 1 aliphatic heterocycles. The second kappa shape index (κ2) is 7.77. The maximum atomic E-state index is 12.8. The minimum atomic E-state index is -0.142. The number of carbonyl (C=O) groups is 1. The van der Waals surface area contributed by atoms with Crippen molar-refractivity contribution in [1.29, 1.82) is 0 Å². The first-order valence-corrected chi connectivity index (χ1v) is 9.63. The molecular weight excluding hydrogens is 358 g/mol. The summed E-state index contributed by atoms with van der Waals surface area (Å²) in [6.45, 7) is 8.08. The van der Waals surface area contributed by atoms with Crippen molar-refractivity contribution in [3.8, 4) is 5.88 Å². The molecule has 1 fully saturated rings. The lowest BCUT2D eigenvalue weighted by molar-refractivity contribution is 0.0679. The van der Waals surface area contributed by atoms with Crippen molar-refractivity contribution in [2.24, 2.45) is 13.0 Å². The Hall–Kier alpha value is -2.64. The van der Waals surface area contributed by atoms with E-state index in [1.165, 1.54) is 7.11 Å². The highest BCUT2D eigenvalue weighted by molar-refractivity contribution is 5.96. The molecule has 2 aromatic rings. The van der Waals surface area contributed by atoms with Crippen LogP contribution in [0.25, 0.3) is 0 Å². The van der Waals surface area contributed by atoms with Crippen LogP contribution in [0, 0.1) is 5.92 Å². The third-order valence-corrected chi connectivity index (χ3v) is 5.22. The summed E-state index contributed by atoms with van der Waals surface area (Å²) >= 11 is 0. The minimum Gasteiger partial charge on any atom is -0.479 e. The molecule has 3 heterocycles. The zero-order valence-electron chi connectivity index (χ0n) is 17.3. The molecule has 0 N–H and O–H groups in total. The van der Waals surface area contributed by atoms with Crippen molar-refractivity contribution in [2.75, 3.05) is 20.2 Å². The highest BCUT2D eigenvalue weighted by atomic mass is 16.5. The standard InChI is InChI=1S/C20H29N5O3/c1-20(2,3)16-10-17(26)25(13-21-16)11-14-6-8-24(9-7-14)19(27)15-12-23(4)22-18(15)28-5/h10,12-14H,6-9,11H2,1-5H3. The van der Waals surface area contributed by atoms with Crippen LogP contribution < -0.4 is 10.3 Å². The van der Waals surface area contributed by atoms with Gasteiger partial charge in [0.2, 0.25) is 5.88 Å². The van der Waals surface area contributed by atoms with E-state index in [0.29, 0.717) is 37.0 Å². The number of likely N-dealkylation sites (tertiary alicyclic amines) is 1. The van der Waals surface area contributed by atoms with E-state index in [-0.39, 0.29) is 16.9 Å². The number of amides is 1. The molecule has 3 rings (SSSR count). The maximum absolute atomic E-state index is 12.8. The molecule has 28 heavy (non-hydrogen) atoms. The van der Waals surface area contributed by atoms with Gasteiger partial charge in [-0.1, -0.05) is 20.8 Å². The summed E-state index contributed by atoms with van der Waals surface area (Å²) < 4.78 is 8.47. The van der Waals surface area contributed by atoms with Crippen LogP contribution in [0.2, 0.25) is 0 Å². The Morgan fingerprint density at radius 2 is 1.96 bits per heavy atom. The van der Waals surface area contributed by atoms with E-state index in [2.05, 4.69) is 10.1 Å². The van der Waals surface area contributed by atoms with Crippen molar-refractivity contribution in [1.82, 2.24) is 24.2 Å². The summed E-state index contributed by atoms with van der Waals surface area (Å²) in [7, 11) is 3.28. The Kier molecular flexibility index (Phi) is 5.58. The number of carbonyl (C=O) groups excluding carboxylic acids is 1. The summed E-state index contributed by atoms with van der Waals surface area (Å²) in [5.41, 5.74) is 1.14. The van der Waals surface area contributed by atoms with E-state index in [1.807, 2.05) is 25.7 Å². The molecule has 0 atom stereocenters. The van der Waals surface area contributed by atoms with Crippen molar-refractivity contribution in [3.05, 3.63) is 40.2 Å². The molecule has 8 heteroatoms. The molecule has 152 valence electrons. The SMILES string of the molecule is COc1nn(C)cc1C(=O)N1CCC(Cn2cnc(C(C)(C)C)cc2=O)CC1. The number of aromatic nitrogens is 4. The van der Waals surface area contributed by atoms with Gasteiger partial charge in [0.15, 0.2) is 0 Å². The summed E-state index contributed by atoms with van der Waals surface area (Å²) in [5, 5.41) is 4.15. The van der Waals surface area contributed by atoms with Crippen LogP contribution in [0.4, 0.5) is 0 Å². The van der Waals surface area contributed by atoms with Crippen molar-refractivity contribution < 1.29 is 9.53 Å². The Bertz CT molecular complexity index is 901. The highest BCUT2D eigenvalue weighted by Gasteiger charge is 2.27. The smallest absolute Gasteiger partial charge is 0.260 e. The van der Waals surface area contributed by atoms with Gasteiger partial charge in [0, 0.05) is 44.4 Å². The summed E-state index contributed by atoms with van der Waals surface area (Å²) in [6.07, 6.45) is 5.04. The van der Waals surface area contributed by atoms with Crippen LogP contribution in [0.3, 0.4) is 0 Å². The molecule has 0 aliphatic carbocycles. The molecule has 2 aromatic heterocycles. The molecule has 1 saturated heterocycles. The molecule has 0 radical (unpaired) electrons. The van der Waals surface area contributed by atoms with E-state index in [4.69, 9.17) is 4.74 Å². The normalized spacial score (nSPS) is 15.7. The minimum absolute atomic E-state index is 0.0153. The molecule has 0 spiro atoms. The van der Waals surface area contributed by atoms with Crippen molar-refractivity contribution in [2.45, 2.75) is 45.6 Å². The fourth-order valence-corrected chi connectivity index (χ4v) is 3.51. The van der Waals surface area contributed by atoms with Gasteiger partial charge in [0.1, 0.15) is 5.56 Å². The fraction of sp³-hybridized carbons (Fsp3) is 0.600. The fourth-order valence-electron chi connectivity index (χ4n) is 3.51. The molecule has 1 aliphatic rings. The average Bonchev–Trinajstić information content (AvgIpc) is 3.03. The third-order valence-electron chi connectivity index (χ3n) is 5.22. The largest absolute Gasteiger partial charge is 0.479 e. The first-order valence-electron chi connectivity index (χ1n) is 9.63. The van der Waals surface area contributed by atoms with E-state index in [1.54, 1.807) is 34.9 Å². The van der Waals surface area contributed by atoms with Crippen LogP contribution in [0.15, 0.2) is 23.4 Å².